The van der Waals surface area contributed by atoms with Crippen LogP contribution in [0.4, 0.5) is 14.5 Å². The Morgan fingerprint density at radius 1 is 1.19 bits per heavy atom. The van der Waals surface area contributed by atoms with Gasteiger partial charge in [-0.05, 0) is 43.7 Å². The summed E-state index contributed by atoms with van der Waals surface area (Å²) in [5, 5.41) is 3.44. The van der Waals surface area contributed by atoms with Crippen LogP contribution < -0.4 is 5.32 Å². The van der Waals surface area contributed by atoms with Crippen LogP contribution in [0.15, 0.2) is 42.5 Å². The number of piperidine rings is 1. The van der Waals surface area contributed by atoms with Crippen molar-refractivity contribution in [3.63, 3.8) is 0 Å². The molecule has 1 amide bonds. The van der Waals surface area contributed by atoms with Crippen molar-refractivity contribution in [2.24, 2.45) is 0 Å². The van der Waals surface area contributed by atoms with Gasteiger partial charge in [0.15, 0.2) is 0 Å². The summed E-state index contributed by atoms with van der Waals surface area (Å²) in [5.74, 6) is -1.68. The Morgan fingerprint density at radius 2 is 1.96 bits per heavy atom. The topological polar surface area (TPSA) is 45.2 Å². The number of benzene rings is 2. The molecule has 0 aliphatic carbocycles. The Bertz CT molecular complexity index is 922. The minimum absolute atomic E-state index is 0.106. The van der Waals surface area contributed by atoms with Crippen LogP contribution in [0.1, 0.15) is 23.8 Å². The van der Waals surface area contributed by atoms with Gasteiger partial charge in [0, 0.05) is 12.5 Å². The van der Waals surface area contributed by atoms with Crippen molar-refractivity contribution in [1.82, 2.24) is 9.88 Å². The fourth-order valence-corrected chi connectivity index (χ4v) is 4.56. The van der Waals surface area contributed by atoms with E-state index < -0.39 is 17.5 Å². The first kappa shape index (κ1) is 18.0. The number of aromatic nitrogens is 1. The Hall–Kier alpha value is -2.38. The zero-order valence-corrected chi connectivity index (χ0v) is 15.4. The largest absolute Gasteiger partial charge is 0.320 e. The van der Waals surface area contributed by atoms with E-state index in [9.17, 15) is 13.6 Å². The lowest BCUT2D eigenvalue weighted by molar-refractivity contribution is -0.117. The number of nitrogens with zero attached hydrogens (tertiary/aromatic N) is 2. The van der Waals surface area contributed by atoms with Crippen molar-refractivity contribution in [3.05, 3.63) is 59.1 Å². The molecule has 1 aliphatic rings. The predicted octanol–water partition coefficient (Wildman–Crippen LogP) is 4.39. The molecule has 4 nitrogen and oxygen atoms in total. The van der Waals surface area contributed by atoms with E-state index in [0.29, 0.717) is 6.54 Å². The Balaban J connectivity index is 1.41. The number of carbonyl (C=O) groups excluding carboxylic acids is 1. The molecule has 2 heterocycles. The predicted molar refractivity (Wildman–Crippen MR) is 103 cm³/mol. The molecule has 140 valence electrons. The van der Waals surface area contributed by atoms with Gasteiger partial charge in [0.05, 0.1) is 21.8 Å². The molecule has 0 unspecified atom stereocenters. The SMILES string of the molecule is O=C(CN1CCC[C@@H](c2nc3ccccc3s2)C1)Nc1c(F)cccc1F. The van der Waals surface area contributed by atoms with Crippen molar-refractivity contribution in [2.75, 3.05) is 25.0 Å². The first-order chi connectivity index (χ1) is 13.1. The number of hydrogen-bond acceptors (Lipinski definition) is 4. The number of nitrogens with one attached hydrogen (secondary N) is 1. The van der Waals surface area contributed by atoms with Gasteiger partial charge >= 0.3 is 0 Å². The molecule has 1 atom stereocenters. The molecular weight excluding hydrogens is 368 g/mol. The van der Waals surface area contributed by atoms with Gasteiger partial charge < -0.3 is 5.32 Å². The van der Waals surface area contributed by atoms with Crippen LogP contribution in [0, 0.1) is 11.6 Å². The average molecular weight is 387 g/mol. The van der Waals surface area contributed by atoms with Gasteiger partial charge in [0.1, 0.15) is 17.3 Å². The highest BCUT2D eigenvalue weighted by molar-refractivity contribution is 7.18. The minimum Gasteiger partial charge on any atom is -0.320 e. The molecule has 0 bridgehead atoms. The van der Waals surface area contributed by atoms with E-state index in [2.05, 4.69) is 11.4 Å². The molecular formula is C20H19F2N3OS. The summed E-state index contributed by atoms with van der Waals surface area (Å²) in [7, 11) is 0. The monoisotopic (exact) mass is 387 g/mol. The van der Waals surface area contributed by atoms with E-state index in [-0.39, 0.29) is 18.2 Å². The van der Waals surface area contributed by atoms with Gasteiger partial charge in [-0.15, -0.1) is 11.3 Å². The first-order valence-electron chi connectivity index (χ1n) is 8.92. The number of amides is 1. The van der Waals surface area contributed by atoms with Gasteiger partial charge in [-0.1, -0.05) is 18.2 Å². The molecule has 1 aromatic heterocycles. The first-order valence-corrected chi connectivity index (χ1v) is 9.73. The van der Waals surface area contributed by atoms with E-state index in [0.717, 1.165) is 46.7 Å². The molecule has 0 spiro atoms. The molecule has 1 saturated heterocycles. The van der Waals surface area contributed by atoms with Crippen LogP contribution in [0.5, 0.6) is 0 Å². The smallest absolute Gasteiger partial charge is 0.238 e. The summed E-state index contributed by atoms with van der Waals surface area (Å²) in [6.45, 7) is 1.61. The normalized spacial score (nSPS) is 17.9. The summed E-state index contributed by atoms with van der Waals surface area (Å²) in [6, 6.07) is 11.6. The molecule has 7 heteroatoms. The van der Waals surface area contributed by atoms with E-state index in [1.165, 1.54) is 6.07 Å². The molecule has 1 N–H and O–H groups in total. The summed E-state index contributed by atoms with van der Waals surface area (Å²) in [5.41, 5.74) is 0.615. The maximum atomic E-state index is 13.7. The fraction of sp³-hybridized carbons (Fsp3) is 0.300. The van der Waals surface area contributed by atoms with Crippen molar-refractivity contribution in [1.29, 1.82) is 0 Å². The Morgan fingerprint density at radius 3 is 2.74 bits per heavy atom. The third kappa shape index (κ3) is 3.99. The molecule has 4 rings (SSSR count). The maximum absolute atomic E-state index is 13.7. The number of halogens is 2. The van der Waals surface area contributed by atoms with Crippen molar-refractivity contribution >= 4 is 33.1 Å². The number of carbonyl (C=O) groups is 1. The lowest BCUT2D eigenvalue weighted by Gasteiger charge is -2.31. The highest BCUT2D eigenvalue weighted by atomic mass is 32.1. The number of thiazole rings is 1. The molecule has 1 fully saturated rings. The van der Waals surface area contributed by atoms with Gasteiger partial charge in [0.2, 0.25) is 5.91 Å². The standard InChI is InChI=1S/C20H19F2N3OS/c21-14-6-3-7-15(22)19(14)24-18(26)12-25-10-4-5-13(11-25)20-23-16-8-1-2-9-17(16)27-20/h1-3,6-9,13H,4-5,10-12H2,(H,24,26)/t13-/m1/s1. The summed E-state index contributed by atoms with van der Waals surface area (Å²) >= 11 is 1.69. The maximum Gasteiger partial charge on any atom is 0.238 e. The number of anilines is 1. The number of rotatable bonds is 4. The van der Waals surface area contributed by atoms with Crippen LogP contribution in [-0.4, -0.2) is 35.4 Å². The van der Waals surface area contributed by atoms with Crippen molar-refractivity contribution in [3.8, 4) is 0 Å². The number of fused-ring (bicyclic) bond motifs is 1. The third-order valence-electron chi connectivity index (χ3n) is 4.76. The van der Waals surface area contributed by atoms with Gasteiger partial charge in [-0.3, -0.25) is 9.69 Å². The highest BCUT2D eigenvalue weighted by Crippen LogP contribution is 2.32. The van der Waals surface area contributed by atoms with Crippen molar-refractivity contribution < 1.29 is 13.6 Å². The third-order valence-corrected chi connectivity index (χ3v) is 5.96. The second-order valence-electron chi connectivity index (χ2n) is 6.74. The quantitative estimate of drug-likeness (QED) is 0.722. The van der Waals surface area contributed by atoms with Crippen LogP contribution >= 0.6 is 11.3 Å². The Labute approximate surface area is 159 Å². The molecule has 2 aromatic carbocycles. The average Bonchev–Trinajstić information content (AvgIpc) is 3.09. The van der Waals surface area contributed by atoms with Crippen LogP contribution in [0.25, 0.3) is 10.2 Å². The number of hydrogen-bond donors (Lipinski definition) is 1. The van der Waals surface area contributed by atoms with Crippen molar-refractivity contribution in [2.45, 2.75) is 18.8 Å². The lowest BCUT2D eigenvalue weighted by atomic mass is 9.99. The molecule has 0 saturated carbocycles. The second-order valence-corrected chi connectivity index (χ2v) is 7.80. The zero-order chi connectivity index (χ0) is 18.8. The summed E-state index contributed by atoms with van der Waals surface area (Å²) in [4.78, 5) is 19.0. The van der Waals surface area contributed by atoms with Crippen LogP contribution in [0.3, 0.4) is 0 Å². The van der Waals surface area contributed by atoms with Crippen LogP contribution in [0.2, 0.25) is 0 Å². The summed E-state index contributed by atoms with van der Waals surface area (Å²) in [6.07, 6.45) is 1.99. The molecule has 1 aliphatic heterocycles. The zero-order valence-electron chi connectivity index (χ0n) is 14.6. The molecule has 27 heavy (non-hydrogen) atoms. The number of para-hydroxylation sites is 2. The summed E-state index contributed by atoms with van der Waals surface area (Å²) < 4.78 is 28.6. The van der Waals surface area contributed by atoms with E-state index >= 15 is 0 Å². The van der Waals surface area contributed by atoms with E-state index in [4.69, 9.17) is 4.98 Å². The van der Waals surface area contributed by atoms with Crippen LogP contribution in [-0.2, 0) is 4.79 Å². The Kier molecular flexibility index (Phi) is 5.13. The molecule has 3 aromatic rings. The lowest BCUT2D eigenvalue weighted by Crippen LogP contribution is -2.39. The fourth-order valence-electron chi connectivity index (χ4n) is 3.46. The van der Waals surface area contributed by atoms with E-state index in [1.54, 1.807) is 11.3 Å². The van der Waals surface area contributed by atoms with Gasteiger partial charge in [0.25, 0.3) is 0 Å². The minimum atomic E-state index is -0.769. The number of likely N-dealkylation sites (tertiary alicyclic amines) is 1. The van der Waals surface area contributed by atoms with E-state index in [1.807, 2.05) is 23.1 Å². The highest BCUT2D eigenvalue weighted by Gasteiger charge is 2.25. The second kappa shape index (κ2) is 7.70. The molecule has 0 radical (unpaired) electrons. The van der Waals surface area contributed by atoms with Gasteiger partial charge in [-0.25, -0.2) is 13.8 Å². The van der Waals surface area contributed by atoms with Gasteiger partial charge in [-0.2, -0.15) is 0 Å².